The molecule has 12 rings (SSSR count). The van der Waals surface area contributed by atoms with E-state index in [4.69, 9.17) is 4.42 Å². The summed E-state index contributed by atoms with van der Waals surface area (Å²) in [6, 6.07) is 85.9. The molecule has 0 fully saturated rings. The Morgan fingerprint density at radius 1 is 0.311 bits per heavy atom. The van der Waals surface area contributed by atoms with Crippen molar-refractivity contribution in [2.75, 3.05) is 4.90 Å². The highest BCUT2D eigenvalue weighted by Crippen LogP contribution is 2.56. The fraction of sp³-hybridized carbons (Fsp3) is 0.0169. The quantitative estimate of drug-likeness (QED) is 0.160. The molecule has 0 saturated heterocycles. The third kappa shape index (κ3) is 5.50. The predicted octanol–water partition coefficient (Wildman–Crippen LogP) is 15.9. The first-order valence-electron chi connectivity index (χ1n) is 21.0. The van der Waals surface area contributed by atoms with Gasteiger partial charge in [-0.3, -0.25) is 0 Å². The van der Waals surface area contributed by atoms with Crippen molar-refractivity contribution >= 4 is 49.8 Å². The zero-order chi connectivity index (χ0) is 40.3. The lowest BCUT2D eigenvalue weighted by atomic mass is 9.67. The molecule has 0 saturated carbocycles. The number of rotatable bonds is 7. The van der Waals surface area contributed by atoms with Gasteiger partial charge in [-0.25, -0.2) is 0 Å². The van der Waals surface area contributed by atoms with Crippen LogP contribution in [0.3, 0.4) is 0 Å². The highest BCUT2D eigenvalue weighted by Gasteiger charge is 2.46. The Kier molecular flexibility index (Phi) is 8.11. The minimum absolute atomic E-state index is 0.520. The first-order chi connectivity index (χ1) is 30.3. The lowest BCUT2D eigenvalue weighted by Crippen LogP contribution is -2.28. The second kappa shape index (κ2) is 14.1. The van der Waals surface area contributed by atoms with Gasteiger partial charge in [0.2, 0.25) is 0 Å². The minimum Gasteiger partial charge on any atom is -0.456 e. The van der Waals surface area contributed by atoms with Gasteiger partial charge < -0.3 is 9.32 Å². The maximum absolute atomic E-state index is 6.73. The smallest absolute Gasteiger partial charge is 0.136 e. The molecule has 1 heterocycles. The Hall–Kier alpha value is -7.94. The Morgan fingerprint density at radius 3 is 1.56 bits per heavy atom. The fourth-order valence-electron chi connectivity index (χ4n) is 10.1. The predicted molar refractivity (Wildman–Crippen MR) is 254 cm³/mol. The van der Waals surface area contributed by atoms with Crippen molar-refractivity contribution in [1.82, 2.24) is 0 Å². The van der Waals surface area contributed by atoms with Crippen LogP contribution >= 0.6 is 0 Å². The highest BCUT2D eigenvalue weighted by molar-refractivity contribution is 6.22. The standard InChI is InChI=1S/C59H39NO/c1-4-17-40(18-5-1)41-31-33-45(34-32-41)60(47-35-36-56-53(38-47)58-51-28-11-10-25-48(51)52(39-57(58)61-56)42-19-6-2-7-20-42)46-24-16-23-44(37-46)59(43-21-8-3-9-22-43)54-29-14-12-26-49(54)50-27-13-15-30-55(50)59/h1-39H. The van der Waals surface area contributed by atoms with Crippen molar-refractivity contribution in [1.29, 1.82) is 0 Å². The molecule has 2 heteroatoms. The summed E-state index contributed by atoms with van der Waals surface area (Å²) in [5, 5.41) is 4.60. The average molecular weight is 778 g/mol. The van der Waals surface area contributed by atoms with Crippen LogP contribution in [-0.2, 0) is 5.41 Å². The normalized spacial score (nSPS) is 12.7. The van der Waals surface area contributed by atoms with Gasteiger partial charge in [0.05, 0.1) is 5.41 Å². The molecule has 0 amide bonds. The molecule has 0 bridgehead atoms. The van der Waals surface area contributed by atoms with E-state index in [0.717, 1.165) is 39.0 Å². The van der Waals surface area contributed by atoms with Crippen LogP contribution in [0.4, 0.5) is 17.1 Å². The summed E-state index contributed by atoms with van der Waals surface area (Å²) >= 11 is 0. The second-order valence-electron chi connectivity index (χ2n) is 16.0. The second-order valence-corrected chi connectivity index (χ2v) is 16.0. The van der Waals surface area contributed by atoms with Crippen molar-refractivity contribution in [2.24, 2.45) is 0 Å². The third-order valence-corrected chi connectivity index (χ3v) is 12.7. The van der Waals surface area contributed by atoms with Gasteiger partial charge in [0, 0.05) is 27.8 Å². The highest BCUT2D eigenvalue weighted by atomic mass is 16.3. The molecule has 1 aromatic heterocycles. The van der Waals surface area contributed by atoms with Crippen LogP contribution in [0.25, 0.3) is 66.1 Å². The van der Waals surface area contributed by atoms with E-state index in [1.807, 2.05) is 0 Å². The van der Waals surface area contributed by atoms with E-state index in [0.29, 0.717) is 0 Å². The number of anilines is 3. The summed E-state index contributed by atoms with van der Waals surface area (Å²) in [5.41, 5.74) is 16.8. The summed E-state index contributed by atoms with van der Waals surface area (Å²) in [6.07, 6.45) is 0. The monoisotopic (exact) mass is 777 g/mol. The molecular weight excluding hydrogens is 739 g/mol. The van der Waals surface area contributed by atoms with Crippen LogP contribution in [0, 0.1) is 0 Å². The van der Waals surface area contributed by atoms with Crippen molar-refractivity contribution in [3.05, 3.63) is 259 Å². The molecule has 0 N–H and O–H groups in total. The van der Waals surface area contributed by atoms with Crippen LogP contribution < -0.4 is 4.90 Å². The van der Waals surface area contributed by atoms with E-state index in [9.17, 15) is 0 Å². The van der Waals surface area contributed by atoms with E-state index >= 15 is 0 Å². The minimum atomic E-state index is -0.520. The van der Waals surface area contributed by atoms with Gasteiger partial charge in [0.25, 0.3) is 0 Å². The topological polar surface area (TPSA) is 16.4 Å². The van der Waals surface area contributed by atoms with Crippen LogP contribution in [0.1, 0.15) is 22.3 Å². The number of benzene rings is 10. The molecular formula is C59H39NO. The first-order valence-corrected chi connectivity index (χ1v) is 21.0. The van der Waals surface area contributed by atoms with Gasteiger partial charge in [-0.1, -0.05) is 188 Å². The summed E-state index contributed by atoms with van der Waals surface area (Å²) in [4.78, 5) is 2.41. The zero-order valence-corrected chi connectivity index (χ0v) is 33.4. The van der Waals surface area contributed by atoms with Crippen LogP contribution in [0.5, 0.6) is 0 Å². The SMILES string of the molecule is c1ccc(-c2ccc(N(c3cccc(C4(c5ccccc5)c5ccccc5-c5ccccc54)c3)c3ccc4oc5cc(-c6ccccc6)c6ccccc6c5c4c3)cc2)cc1. The molecule has 1 aliphatic rings. The molecule has 0 spiro atoms. The molecule has 2 nitrogen and oxygen atoms in total. The van der Waals surface area contributed by atoms with E-state index in [1.54, 1.807) is 0 Å². The van der Waals surface area contributed by atoms with Gasteiger partial charge in [-0.05, 0) is 115 Å². The van der Waals surface area contributed by atoms with E-state index in [2.05, 4.69) is 241 Å². The summed E-state index contributed by atoms with van der Waals surface area (Å²) in [5.74, 6) is 0. The maximum atomic E-state index is 6.73. The van der Waals surface area contributed by atoms with Gasteiger partial charge in [0.15, 0.2) is 0 Å². The Bertz CT molecular complexity index is 3360. The van der Waals surface area contributed by atoms with Gasteiger partial charge in [-0.2, -0.15) is 0 Å². The molecule has 0 unspecified atom stereocenters. The summed E-state index contributed by atoms with van der Waals surface area (Å²) in [6.45, 7) is 0. The largest absolute Gasteiger partial charge is 0.456 e. The van der Waals surface area contributed by atoms with Crippen molar-refractivity contribution < 1.29 is 4.42 Å². The Balaban J connectivity index is 1.09. The van der Waals surface area contributed by atoms with Crippen LogP contribution in [0.2, 0.25) is 0 Å². The summed E-state index contributed by atoms with van der Waals surface area (Å²) < 4.78 is 6.73. The Labute approximate surface area is 355 Å². The van der Waals surface area contributed by atoms with Crippen LogP contribution in [-0.4, -0.2) is 0 Å². The summed E-state index contributed by atoms with van der Waals surface area (Å²) in [7, 11) is 0. The van der Waals surface area contributed by atoms with E-state index in [1.165, 1.54) is 66.4 Å². The molecule has 10 aromatic carbocycles. The van der Waals surface area contributed by atoms with E-state index < -0.39 is 5.41 Å². The van der Waals surface area contributed by atoms with Gasteiger partial charge in [-0.15, -0.1) is 0 Å². The first kappa shape index (κ1) is 35.0. The third-order valence-electron chi connectivity index (χ3n) is 12.7. The van der Waals surface area contributed by atoms with E-state index in [-0.39, 0.29) is 0 Å². The number of hydrogen-bond acceptors (Lipinski definition) is 2. The van der Waals surface area contributed by atoms with Crippen molar-refractivity contribution in [2.45, 2.75) is 5.41 Å². The molecule has 61 heavy (non-hydrogen) atoms. The maximum Gasteiger partial charge on any atom is 0.136 e. The van der Waals surface area contributed by atoms with Gasteiger partial charge in [0.1, 0.15) is 11.2 Å². The van der Waals surface area contributed by atoms with Gasteiger partial charge >= 0.3 is 0 Å². The lowest BCUT2D eigenvalue weighted by Gasteiger charge is -2.35. The molecule has 0 atom stereocenters. The fourth-order valence-corrected chi connectivity index (χ4v) is 10.1. The Morgan fingerprint density at radius 2 is 0.852 bits per heavy atom. The molecule has 0 radical (unpaired) electrons. The molecule has 11 aromatic rings. The number of fused-ring (bicyclic) bond motifs is 8. The number of hydrogen-bond donors (Lipinski definition) is 0. The van der Waals surface area contributed by atoms with Crippen LogP contribution in [0.15, 0.2) is 241 Å². The average Bonchev–Trinajstić information content (AvgIpc) is 3.86. The lowest BCUT2D eigenvalue weighted by molar-refractivity contribution is 0.669. The molecule has 0 aliphatic heterocycles. The van der Waals surface area contributed by atoms with Crippen molar-refractivity contribution in [3.8, 4) is 33.4 Å². The number of nitrogens with zero attached hydrogens (tertiary/aromatic N) is 1. The van der Waals surface area contributed by atoms with Crippen molar-refractivity contribution in [3.63, 3.8) is 0 Å². The molecule has 1 aliphatic carbocycles. The zero-order valence-electron chi connectivity index (χ0n) is 33.4. The number of furan rings is 1. The molecule has 286 valence electrons.